The van der Waals surface area contributed by atoms with E-state index in [4.69, 9.17) is 0 Å². The van der Waals surface area contributed by atoms with Crippen LogP contribution in [0, 0.1) is 5.82 Å². The first-order valence-corrected chi connectivity index (χ1v) is 9.87. The van der Waals surface area contributed by atoms with Crippen molar-refractivity contribution in [1.82, 2.24) is 24.6 Å². The third-order valence-corrected chi connectivity index (χ3v) is 5.29. The van der Waals surface area contributed by atoms with Crippen LogP contribution in [0.5, 0.6) is 0 Å². The van der Waals surface area contributed by atoms with E-state index in [1.807, 2.05) is 0 Å². The number of aromatic nitrogens is 5. The summed E-state index contributed by atoms with van der Waals surface area (Å²) in [5.41, 5.74) is -2.37. The smallest absolute Gasteiger partial charge is 0.328 e. The molecule has 3 rings (SSSR count). The van der Waals surface area contributed by atoms with Crippen molar-refractivity contribution in [2.24, 2.45) is 0 Å². The average molecular weight is 485 g/mol. The number of aromatic amines is 1. The summed E-state index contributed by atoms with van der Waals surface area (Å²) in [6.07, 6.45) is -1.17. The first-order chi connectivity index (χ1) is 15.7. The largest absolute Gasteiger partial charge is 0.468 e. The van der Waals surface area contributed by atoms with Crippen LogP contribution in [-0.2, 0) is 21.4 Å². The quantitative estimate of drug-likeness (QED) is 0.298. The Balaban J connectivity index is 2.06. The maximum Gasteiger partial charge on any atom is 0.328 e. The topological polar surface area (TPSA) is 102 Å². The number of hydrogen-bond donors (Lipinski definition) is 1. The highest BCUT2D eigenvalue weighted by Crippen LogP contribution is 2.38. The highest BCUT2D eigenvalue weighted by Gasteiger charge is 2.53. The molecule has 0 aliphatic rings. The van der Waals surface area contributed by atoms with E-state index < -0.39 is 47.4 Å². The number of hydrogen-bond acceptors (Lipinski definition) is 6. The number of carbonyl (C=O) groups is 1. The fraction of sp³-hybridized carbons (Fsp3) is 0.381. The lowest BCUT2D eigenvalue weighted by Gasteiger charge is -2.23. The number of nitrogens with one attached hydrogen (secondary N) is 1. The molecule has 0 atom stereocenters. The number of methoxy groups -OCH3 is 1. The fourth-order valence-corrected chi connectivity index (χ4v) is 3.26. The Morgan fingerprint density at radius 3 is 2.50 bits per heavy atom. The molecule has 3 heterocycles. The number of rotatable bonds is 8. The lowest BCUT2D eigenvalue weighted by molar-refractivity contribution is -0.182. The van der Waals surface area contributed by atoms with Crippen LogP contribution in [0.2, 0.25) is 0 Å². The number of esters is 1. The van der Waals surface area contributed by atoms with Gasteiger partial charge in [-0.05, 0) is 32.1 Å². The van der Waals surface area contributed by atoms with Gasteiger partial charge in [-0.2, -0.15) is 17.6 Å². The minimum absolute atomic E-state index is 0.0548. The molecule has 0 bridgehead atoms. The van der Waals surface area contributed by atoms with Gasteiger partial charge >= 0.3 is 17.8 Å². The van der Waals surface area contributed by atoms with Crippen LogP contribution in [0.1, 0.15) is 31.8 Å². The number of halogens is 5. The van der Waals surface area contributed by atoms with Gasteiger partial charge in [-0.1, -0.05) is 6.58 Å². The van der Waals surface area contributed by atoms with Crippen LogP contribution in [-0.4, -0.2) is 49.5 Å². The number of nitrogens with zero attached hydrogens (tertiary/aromatic N) is 4. The van der Waals surface area contributed by atoms with Crippen molar-refractivity contribution >= 4 is 11.5 Å². The van der Waals surface area contributed by atoms with Crippen molar-refractivity contribution in [2.45, 2.75) is 43.9 Å². The van der Waals surface area contributed by atoms with Crippen molar-refractivity contribution in [3.8, 4) is 11.5 Å². The maximum atomic E-state index is 14.0. The molecular formula is C21H20F5N5O3. The van der Waals surface area contributed by atoms with Crippen LogP contribution < -0.4 is 5.56 Å². The minimum atomic E-state index is -4.45. The zero-order valence-electron chi connectivity index (χ0n) is 18.3. The Hall–Kier alpha value is -3.64. The van der Waals surface area contributed by atoms with E-state index in [0.29, 0.717) is 0 Å². The van der Waals surface area contributed by atoms with Gasteiger partial charge in [0, 0.05) is 19.0 Å². The van der Waals surface area contributed by atoms with Crippen LogP contribution in [0.25, 0.3) is 17.0 Å². The van der Waals surface area contributed by atoms with Gasteiger partial charge in [-0.3, -0.25) is 9.59 Å². The zero-order valence-corrected chi connectivity index (χ0v) is 18.3. The van der Waals surface area contributed by atoms with Gasteiger partial charge in [0.2, 0.25) is 0 Å². The lowest BCUT2D eigenvalue weighted by atomic mass is 9.90. The molecule has 182 valence electrons. The summed E-state index contributed by atoms with van der Waals surface area (Å²) in [6.45, 7) is 5.54. The summed E-state index contributed by atoms with van der Waals surface area (Å²) in [6, 6.07) is 2.31. The van der Waals surface area contributed by atoms with Crippen molar-refractivity contribution in [1.29, 1.82) is 0 Å². The third kappa shape index (κ3) is 4.29. The van der Waals surface area contributed by atoms with E-state index in [2.05, 4.69) is 31.5 Å². The monoisotopic (exact) mass is 485 g/mol. The second kappa shape index (κ2) is 8.61. The van der Waals surface area contributed by atoms with E-state index in [9.17, 15) is 31.5 Å². The van der Waals surface area contributed by atoms with Crippen molar-refractivity contribution in [3.05, 3.63) is 58.7 Å². The molecule has 0 fully saturated rings. The summed E-state index contributed by atoms with van der Waals surface area (Å²) in [5.74, 6) is -10.7. The van der Waals surface area contributed by atoms with Gasteiger partial charge in [0.1, 0.15) is 28.4 Å². The van der Waals surface area contributed by atoms with Gasteiger partial charge < -0.3 is 14.1 Å². The molecule has 8 nitrogen and oxygen atoms in total. The minimum Gasteiger partial charge on any atom is -0.468 e. The maximum absolute atomic E-state index is 14.0. The number of ether oxygens (including phenoxy) is 1. The molecule has 34 heavy (non-hydrogen) atoms. The second-order valence-corrected chi connectivity index (χ2v) is 7.98. The SMILES string of the molecule is C=CC(F)(F)C(F)(F)CCc1nc(-c2nnc(C(C)(C)C(=O)OC)c(=O)[nH]2)c2ccc(F)cn12. The Morgan fingerprint density at radius 1 is 1.24 bits per heavy atom. The summed E-state index contributed by atoms with van der Waals surface area (Å²) >= 11 is 0. The molecule has 0 unspecified atom stereocenters. The molecular weight excluding hydrogens is 465 g/mol. The molecule has 3 aromatic heterocycles. The Bertz CT molecular complexity index is 1320. The predicted molar refractivity (Wildman–Crippen MR) is 110 cm³/mol. The first kappa shape index (κ1) is 25.0. The number of pyridine rings is 1. The summed E-state index contributed by atoms with van der Waals surface area (Å²) in [5, 5.41) is 7.69. The summed E-state index contributed by atoms with van der Waals surface area (Å²) < 4.78 is 74.5. The number of aryl methyl sites for hydroxylation is 1. The number of allylic oxidation sites excluding steroid dienone is 1. The van der Waals surface area contributed by atoms with Gasteiger partial charge in [-0.25, -0.2) is 9.37 Å². The van der Waals surface area contributed by atoms with Crippen LogP contribution >= 0.6 is 0 Å². The third-order valence-electron chi connectivity index (χ3n) is 5.29. The molecule has 3 aromatic rings. The van der Waals surface area contributed by atoms with Gasteiger partial charge in [0.05, 0.1) is 12.6 Å². The molecule has 13 heteroatoms. The molecule has 0 saturated carbocycles. The molecule has 0 amide bonds. The van der Waals surface area contributed by atoms with Crippen molar-refractivity contribution in [2.75, 3.05) is 7.11 Å². The molecule has 0 spiro atoms. The Kier molecular flexibility index (Phi) is 6.33. The van der Waals surface area contributed by atoms with E-state index >= 15 is 0 Å². The lowest BCUT2D eigenvalue weighted by Crippen LogP contribution is -2.39. The van der Waals surface area contributed by atoms with Crippen LogP contribution in [0.3, 0.4) is 0 Å². The molecule has 0 aromatic carbocycles. The number of H-pyrrole nitrogens is 1. The summed E-state index contributed by atoms with van der Waals surface area (Å²) in [7, 11) is 1.15. The highest BCUT2D eigenvalue weighted by molar-refractivity contribution is 5.81. The molecule has 0 radical (unpaired) electrons. The van der Waals surface area contributed by atoms with Crippen LogP contribution in [0.4, 0.5) is 22.0 Å². The van der Waals surface area contributed by atoms with Crippen molar-refractivity contribution < 1.29 is 31.5 Å². The average Bonchev–Trinajstić information content (AvgIpc) is 3.14. The summed E-state index contributed by atoms with van der Waals surface area (Å²) in [4.78, 5) is 31.1. The normalized spacial score (nSPS) is 12.7. The van der Waals surface area contributed by atoms with Crippen molar-refractivity contribution in [3.63, 3.8) is 0 Å². The number of carbonyl (C=O) groups excluding carboxylic acids is 1. The highest BCUT2D eigenvalue weighted by atomic mass is 19.3. The number of alkyl halides is 4. The fourth-order valence-electron chi connectivity index (χ4n) is 3.26. The standard InChI is InChI=1S/C21H20F5N5O3/c1-5-20(23,24)21(25,26)9-8-13-27-14(12-7-6-11(22)10-31(12)13)16-28-17(32)15(29-30-16)19(2,3)18(33)34-4/h5-7,10H,1,8-9H2,2-4H3,(H,28,30,32). The van der Waals surface area contributed by atoms with Crippen LogP contribution in [0.15, 0.2) is 35.8 Å². The van der Waals surface area contributed by atoms with E-state index in [1.54, 1.807) is 0 Å². The first-order valence-electron chi connectivity index (χ1n) is 9.87. The number of imidazole rings is 1. The van der Waals surface area contributed by atoms with Gasteiger partial charge in [0.15, 0.2) is 5.82 Å². The predicted octanol–water partition coefficient (Wildman–Crippen LogP) is 3.46. The van der Waals surface area contributed by atoms with E-state index in [0.717, 1.165) is 23.8 Å². The Morgan fingerprint density at radius 2 is 1.91 bits per heavy atom. The zero-order chi connectivity index (χ0) is 25.5. The van der Waals surface area contributed by atoms with E-state index in [1.165, 1.54) is 19.9 Å². The Labute approximate surface area is 189 Å². The molecule has 1 N–H and O–H groups in total. The molecule has 0 aliphatic carbocycles. The van der Waals surface area contributed by atoms with Gasteiger partial charge in [-0.15, -0.1) is 10.2 Å². The molecule has 0 aliphatic heterocycles. The van der Waals surface area contributed by atoms with Gasteiger partial charge in [0.25, 0.3) is 5.56 Å². The number of fused-ring (bicyclic) bond motifs is 1. The van der Waals surface area contributed by atoms with E-state index in [-0.39, 0.29) is 34.6 Å². The second-order valence-electron chi connectivity index (χ2n) is 7.98. The molecule has 0 saturated heterocycles.